The van der Waals surface area contributed by atoms with Crippen LogP contribution in [0.2, 0.25) is 0 Å². The third kappa shape index (κ3) is 3.17. The minimum atomic E-state index is -0.493. The fourth-order valence-electron chi connectivity index (χ4n) is 2.12. The number of rotatable bonds is 3. The van der Waals surface area contributed by atoms with Gasteiger partial charge in [-0.25, -0.2) is 0 Å². The molecule has 0 bridgehead atoms. The molecule has 0 amide bonds. The van der Waals surface area contributed by atoms with Gasteiger partial charge >= 0.3 is 0 Å². The Morgan fingerprint density at radius 2 is 2.37 bits per heavy atom. The van der Waals surface area contributed by atoms with Crippen LogP contribution in [-0.2, 0) is 10.3 Å². The average molecular weight is 345 g/mol. The van der Waals surface area contributed by atoms with E-state index in [9.17, 15) is 10.1 Å². The summed E-state index contributed by atoms with van der Waals surface area (Å²) in [6.45, 7) is 2.92. The molecule has 0 saturated carbocycles. The molecule has 5 nitrogen and oxygen atoms in total. The number of nitro benzene ring substituents is 1. The van der Waals surface area contributed by atoms with E-state index in [0.29, 0.717) is 17.7 Å². The predicted molar refractivity (Wildman–Crippen MR) is 79.5 cm³/mol. The Hall–Kier alpha value is -0.890. The first-order valence-corrected chi connectivity index (χ1v) is 6.97. The highest BCUT2D eigenvalue weighted by Crippen LogP contribution is 2.30. The smallest absolute Gasteiger partial charge is 0.270 e. The summed E-state index contributed by atoms with van der Waals surface area (Å²) in [5.74, 6) is 0. The lowest BCUT2D eigenvalue weighted by Crippen LogP contribution is -2.55. The van der Waals surface area contributed by atoms with E-state index in [1.165, 1.54) is 6.07 Å². The topological polar surface area (TPSA) is 64.4 Å². The molecule has 0 aliphatic carbocycles. The highest BCUT2D eigenvalue weighted by atomic mass is 79.9. The number of morpholine rings is 1. The van der Waals surface area contributed by atoms with Crippen molar-refractivity contribution < 1.29 is 9.66 Å². The monoisotopic (exact) mass is 344 g/mol. The van der Waals surface area contributed by atoms with Gasteiger partial charge in [0.25, 0.3) is 5.69 Å². The number of ether oxygens (including phenoxy) is 1. The second kappa shape index (κ2) is 5.62. The third-order valence-corrected chi connectivity index (χ3v) is 3.87. The SMILES string of the molecule is C[C@@]1(c2cc(Br)cc([N+](=O)[O-])c2)COCC(C=S)N1. The standard InChI is InChI=1S/C12H13BrN2O3S/c1-12(7-18-5-10(6-19)14-12)8-2-9(13)4-11(3-8)15(16)17/h2-4,6,10,14H,5,7H2,1H3/t10?,12-/m0/s1. The Morgan fingerprint density at radius 3 is 3.00 bits per heavy atom. The minimum absolute atomic E-state index is 0.0354. The van der Waals surface area contributed by atoms with Gasteiger partial charge in [-0.1, -0.05) is 28.1 Å². The molecule has 1 aliphatic rings. The van der Waals surface area contributed by atoms with Gasteiger partial charge in [0.1, 0.15) is 0 Å². The normalized spacial score (nSPS) is 26.9. The van der Waals surface area contributed by atoms with Crippen LogP contribution in [-0.4, -0.2) is 29.5 Å². The van der Waals surface area contributed by atoms with E-state index < -0.39 is 10.5 Å². The van der Waals surface area contributed by atoms with Gasteiger partial charge in [0, 0.05) is 16.6 Å². The molecular weight excluding hydrogens is 332 g/mol. The molecule has 2 atom stereocenters. The van der Waals surface area contributed by atoms with Crippen LogP contribution < -0.4 is 5.32 Å². The van der Waals surface area contributed by atoms with E-state index in [2.05, 4.69) is 21.2 Å². The summed E-state index contributed by atoms with van der Waals surface area (Å²) in [4.78, 5) is 10.5. The summed E-state index contributed by atoms with van der Waals surface area (Å²) >= 11 is 8.24. The van der Waals surface area contributed by atoms with E-state index in [4.69, 9.17) is 17.0 Å². The van der Waals surface area contributed by atoms with Crippen molar-refractivity contribution >= 4 is 39.2 Å². The quantitative estimate of drug-likeness (QED) is 0.518. The number of hydrogen-bond acceptors (Lipinski definition) is 5. The van der Waals surface area contributed by atoms with Gasteiger partial charge in [0.15, 0.2) is 0 Å². The van der Waals surface area contributed by atoms with Gasteiger partial charge in [0.05, 0.1) is 29.7 Å². The lowest BCUT2D eigenvalue weighted by molar-refractivity contribution is -0.385. The predicted octanol–water partition coefficient (Wildman–Crippen LogP) is 2.56. The van der Waals surface area contributed by atoms with Crippen LogP contribution in [0, 0.1) is 10.1 Å². The third-order valence-electron chi connectivity index (χ3n) is 3.09. The second-order valence-corrected chi connectivity index (χ2v) is 5.88. The van der Waals surface area contributed by atoms with Crippen LogP contribution >= 0.6 is 28.1 Å². The maximum Gasteiger partial charge on any atom is 0.270 e. The lowest BCUT2D eigenvalue weighted by atomic mass is 9.90. The highest BCUT2D eigenvalue weighted by molar-refractivity contribution is 9.10. The number of halogens is 1. The Labute approximate surface area is 124 Å². The van der Waals surface area contributed by atoms with Crippen molar-refractivity contribution in [3.05, 3.63) is 38.3 Å². The first kappa shape index (κ1) is 14.5. The van der Waals surface area contributed by atoms with E-state index in [0.717, 1.165) is 5.56 Å². The Kier molecular flexibility index (Phi) is 4.29. The molecule has 1 N–H and O–H groups in total. The van der Waals surface area contributed by atoms with Gasteiger partial charge in [0.2, 0.25) is 0 Å². The first-order valence-electron chi connectivity index (χ1n) is 5.71. The summed E-state index contributed by atoms with van der Waals surface area (Å²) < 4.78 is 6.21. The van der Waals surface area contributed by atoms with Crippen molar-refractivity contribution in [3.63, 3.8) is 0 Å². The Morgan fingerprint density at radius 1 is 1.63 bits per heavy atom. The van der Waals surface area contributed by atoms with Gasteiger partial charge < -0.3 is 4.74 Å². The highest BCUT2D eigenvalue weighted by Gasteiger charge is 2.34. The molecule has 2 rings (SSSR count). The summed E-state index contributed by atoms with van der Waals surface area (Å²) in [5.41, 5.74) is 0.360. The summed E-state index contributed by atoms with van der Waals surface area (Å²) in [5, 5.41) is 15.9. The van der Waals surface area contributed by atoms with Gasteiger partial charge in [-0.3, -0.25) is 15.4 Å². The number of nitrogens with zero attached hydrogens (tertiary/aromatic N) is 1. The molecule has 1 saturated heterocycles. The number of benzene rings is 1. The van der Waals surface area contributed by atoms with Crippen LogP contribution in [0.4, 0.5) is 5.69 Å². The van der Waals surface area contributed by atoms with Crippen molar-refractivity contribution in [1.82, 2.24) is 5.32 Å². The fourth-order valence-corrected chi connectivity index (χ4v) is 2.75. The molecule has 1 fully saturated rings. The van der Waals surface area contributed by atoms with E-state index in [-0.39, 0.29) is 11.7 Å². The molecule has 1 aromatic rings. The van der Waals surface area contributed by atoms with E-state index in [1.807, 2.05) is 13.0 Å². The number of hydrogen-bond donors (Lipinski definition) is 1. The zero-order valence-corrected chi connectivity index (χ0v) is 12.7. The second-order valence-electron chi connectivity index (χ2n) is 4.69. The number of non-ortho nitro benzene ring substituents is 1. The van der Waals surface area contributed by atoms with Crippen LogP contribution in [0.1, 0.15) is 12.5 Å². The summed E-state index contributed by atoms with van der Waals surface area (Å²) in [6.07, 6.45) is 0. The summed E-state index contributed by atoms with van der Waals surface area (Å²) in [7, 11) is 0. The largest absolute Gasteiger partial charge is 0.377 e. The number of nitrogens with one attached hydrogen (secondary N) is 1. The maximum atomic E-state index is 10.9. The van der Waals surface area contributed by atoms with Crippen LogP contribution in [0.5, 0.6) is 0 Å². The number of nitro groups is 1. The summed E-state index contributed by atoms with van der Waals surface area (Å²) in [6, 6.07) is 4.86. The fraction of sp³-hybridized carbons (Fsp3) is 0.417. The van der Waals surface area contributed by atoms with Crippen LogP contribution in [0.3, 0.4) is 0 Å². The molecule has 1 heterocycles. The van der Waals surface area contributed by atoms with Crippen LogP contribution in [0.25, 0.3) is 0 Å². The molecule has 19 heavy (non-hydrogen) atoms. The molecule has 0 aromatic heterocycles. The molecule has 1 unspecified atom stereocenters. The molecular formula is C12H13BrN2O3S. The van der Waals surface area contributed by atoms with Gasteiger partial charge in [-0.2, -0.15) is 0 Å². The zero-order chi connectivity index (χ0) is 14.0. The van der Waals surface area contributed by atoms with E-state index in [1.54, 1.807) is 11.4 Å². The zero-order valence-electron chi connectivity index (χ0n) is 10.3. The molecule has 102 valence electrons. The van der Waals surface area contributed by atoms with Crippen molar-refractivity contribution in [3.8, 4) is 0 Å². The molecule has 0 radical (unpaired) electrons. The number of thiocarbonyl (C=S) groups is 1. The lowest BCUT2D eigenvalue weighted by Gasteiger charge is -2.38. The molecule has 7 heteroatoms. The van der Waals surface area contributed by atoms with Crippen molar-refractivity contribution in [2.45, 2.75) is 18.5 Å². The van der Waals surface area contributed by atoms with Crippen molar-refractivity contribution in [2.24, 2.45) is 0 Å². The molecule has 1 aliphatic heterocycles. The Bertz CT molecular complexity index is 526. The first-order chi connectivity index (χ1) is 8.94. The van der Waals surface area contributed by atoms with Gasteiger partial charge in [-0.15, -0.1) is 0 Å². The van der Waals surface area contributed by atoms with Crippen molar-refractivity contribution in [1.29, 1.82) is 0 Å². The van der Waals surface area contributed by atoms with Crippen molar-refractivity contribution in [2.75, 3.05) is 13.2 Å². The molecule has 0 spiro atoms. The maximum absolute atomic E-state index is 10.9. The minimum Gasteiger partial charge on any atom is -0.377 e. The van der Waals surface area contributed by atoms with Gasteiger partial charge in [-0.05, 0) is 23.9 Å². The molecule has 1 aromatic carbocycles. The Balaban J connectivity index is 2.39. The average Bonchev–Trinajstić information content (AvgIpc) is 2.38. The van der Waals surface area contributed by atoms with Crippen LogP contribution in [0.15, 0.2) is 22.7 Å². The van der Waals surface area contributed by atoms with E-state index >= 15 is 0 Å².